The second-order valence-electron chi connectivity index (χ2n) is 6.30. The number of hydrogen-bond acceptors (Lipinski definition) is 2. The Kier molecular flexibility index (Phi) is 3.13. The molecule has 20 heavy (non-hydrogen) atoms. The molecule has 106 valence electrons. The lowest BCUT2D eigenvalue weighted by molar-refractivity contribution is 0.260. The van der Waals surface area contributed by atoms with Gasteiger partial charge in [-0.2, -0.15) is 5.10 Å². The zero-order chi connectivity index (χ0) is 14.3. The average Bonchev–Trinajstić information content (AvgIpc) is 2.80. The molecule has 0 spiro atoms. The van der Waals surface area contributed by atoms with E-state index in [1.54, 1.807) is 16.8 Å². The fourth-order valence-corrected chi connectivity index (χ4v) is 3.13. The molecule has 1 aromatic carbocycles. The Morgan fingerprint density at radius 1 is 1.35 bits per heavy atom. The highest BCUT2D eigenvalue weighted by Gasteiger charge is 2.34. The lowest BCUT2D eigenvalue weighted by atomic mass is 9.74. The van der Waals surface area contributed by atoms with E-state index in [1.165, 1.54) is 11.6 Å². The molecule has 0 amide bonds. The second kappa shape index (κ2) is 4.70. The van der Waals surface area contributed by atoms with Crippen molar-refractivity contribution in [1.82, 2.24) is 15.1 Å². The first-order valence-corrected chi connectivity index (χ1v) is 7.01. The monoisotopic (exact) mass is 273 g/mol. The summed E-state index contributed by atoms with van der Waals surface area (Å²) in [5, 5.41) is 7.78. The zero-order valence-electron chi connectivity index (χ0n) is 12.2. The highest BCUT2D eigenvalue weighted by molar-refractivity contribution is 5.38. The molecule has 0 fully saturated rings. The predicted molar refractivity (Wildman–Crippen MR) is 77.4 cm³/mol. The smallest absolute Gasteiger partial charge is 0.148 e. The van der Waals surface area contributed by atoms with Crippen molar-refractivity contribution in [3.63, 3.8) is 0 Å². The van der Waals surface area contributed by atoms with Gasteiger partial charge in [0.25, 0.3) is 0 Å². The number of nitrogens with zero attached hydrogens (tertiary/aromatic N) is 2. The zero-order valence-corrected chi connectivity index (χ0v) is 12.2. The highest BCUT2D eigenvalue weighted by atomic mass is 19.1. The fraction of sp³-hybridized carbons (Fsp3) is 0.438. The van der Waals surface area contributed by atoms with Crippen molar-refractivity contribution in [1.29, 1.82) is 0 Å². The first-order chi connectivity index (χ1) is 9.52. The third-order valence-electron chi connectivity index (χ3n) is 4.11. The molecule has 1 unspecified atom stereocenters. The van der Waals surface area contributed by atoms with Crippen molar-refractivity contribution in [2.75, 3.05) is 7.05 Å². The number of benzene rings is 1. The van der Waals surface area contributed by atoms with Gasteiger partial charge in [0.1, 0.15) is 11.5 Å². The Hall–Kier alpha value is -1.68. The van der Waals surface area contributed by atoms with Crippen LogP contribution in [-0.4, -0.2) is 16.8 Å². The van der Waals surface area contributed by atoms with Crippen LogP contribution in [0.2, 0.25) is 0 Å². The summed E-state index contributed by atoms with van der Waals surface area (Å²) in [5.41, 5.74) is 3.02. The van der Waals surface area contributed by atoms with E-state index in [1.807, 2.05) is 19.3 Å². The summed E-state index contributed by atoms with van der Waals surface area (Å²) >= 11 is 0. The Morgan fingerprint density at radius 2 is 2.10 bits per heavy atom. The quantitative estimate of drug-likeness (QED) is 0.910. The predicted octanol–water partition coefficient (Wildman–Crippen LogP) is 3.24. The van der Waals surface area contributed by atoms with Crippen molar-refractivity contribution >= 4 is 0 Å². The summed E-state index contributed by atoms with van der Waals surface area (Å²) in [4.78, 5) is 0. The van der Waals surface area contributed by atoms with Gasteiger partial charge < -0.3 is 5.32 Å². The maximum Gasteiger partial charge on any atom is 0.148 e. The van der Waals surface area contributed by atoms with E-state index in [0.717, 1.165) is 18.5 Å². The number of aromatic nitrogens is 2. The van der Waals surface area contributed by atoms with Gasteiger partial charge in [-0.25, -0.2) is 9.07 Å². The molecule has 2 aromatic rings. The van der Waals surface area contributed by atoms with Crippen LogP contribution in [0, 0.1) is 11.2 Å². The topological polar surface area (TPSA) is 29.9 Å². The van der Waals surface area contributed by atoms with Crippen molar-refractivity contribution in [2.24, 2.45) is 5.41 Å². The standard InChI is InChI=1S/C16H20FN3/c1-16(2)8-13(18-3)11-10-19-20(15(11)9-16)14-7-5-4-6-12(14)17/h4-7,10,13,18H,8-9H2,1-3H3. The van der Waals surface area contributed by atoms with Crippen molar-refractivity contribution in [2.45, 2.75) is 32.7 Å². The summed E-state index contributed by atoms with van der Waals surface area (Å²) < 4.78 is 15.8. The molecule has 0 bridgehead atoms. The largest absolute Gasteiger partial charge is 0.313 e. The summed E-state index contributed by atoms with van der Waals surface area (Å²) in [5.74, 6) is -0.234. The van der Waals surface area contributed by atoms with Crippen LogP contribution in [0.5, 0.6) is 0 Å². The minimum atomic E-state index is -0.234. The molecule has 0 saturated carbocycles. The van der Waals surface area contributed by atoms with E-state index < -0.39 is 0 Å². The van der Waals surface area contributed by atoms with Gasteiger partial charge in [0.05, 0.1) is 6.20 Å². The van der Waals surface area contributed by atoms with Crippen LogP contribution in [0.3, 0.4) is 0 Å². The summed E-state index contributed by atoms with van der Waals surface area (Å²) in [7, 11) is 1.97. The molecule has 1 aliphatic rings. The highest BCUT2D eigenvalue weighted by Crippen LogP contribution is 2.41. The van der Waals surface area contributed by atoms with E-state index in [-0.39, 0.29) is 17.3 Å². The van der Waals surface area contributed by atoms with Gasteiger partial charge in [0.2, 0.25) is 0 Å². The molecule has 1 atom stereocenters. The van der Waals surface area contributed by atoms with Crippen LogP contribution in [-0.2, 0) is 6.42 Å². The maximum absolute atomic E-state index is 14.0. The lowest BCUT2D eigenvalue weighted by Gasteiger charge is -2.35. The Bertz CT molecular complexity index is 630. The SMILES string of the molecule is CNC1CC(C)(C)Cc2c1cnn2-c1ccccc1F. The fourth-order valence-electron chi connectivity index (χ4n) is 3.13. The third kappa shape index (κ3) is 2.14. The molecule has 1 heterocycles. The van der Waals surface area contributed by atoms with Crippen LogP contribution in [0.15, 0.2) is 30.5 Å². The molecule has 1 aliphatic carbocycles. The van der Waals surface area contributed by atoms with Crippen molar-refractivity contribution in [3.05, 3.63) is 47.5 Å². The average molecular weight is 273 g/mol. The van der Waals surface area contributed by atoms with Gasteiger partial charge in [-0.1, -0.05) is 26.0 Å². The van der Waals surface area contributed by atoms with E-state index in [0.29, 0.717) is 5.69 Å². The van der Waals surface area contributed by atoms with Crippen molar-refractivity contribution < 1.29 is 4.39 Å². The molecule has 3 nitrogen and oxygen atoms in total. The normalized spacial score (nSPS) is 20.7. The van der Waals surface area contributed by atoms with E-state index in [9.17, 15) is 4.39 Å². The molecular weight excluding hydrogens is 253 g/mol. The van der Waals surface area contributed by atoms with Crippen LogP contribution in [0.4, 0.5) is 4.39 Å². The first kappa shape index (κ1) is 13.3. The minimum absolute atomic E-state index is 0.184. The first-order valence-electron chi connectivity index (χ1n) is 7.01. The van der Waals surface area contributed by atoms with Crippen LogP contribution in [0.25, 0.3) is 5.69 Å². The molecule has 3 rings (SSSR count). The van der Waals surface area contributed by atoms with Gasteiger partial charge in [-0.15, -0.1) is 0 Å². The molecule has 4 heteroatoms. The number of rotatable bonds is 2. The van der Waals surface area contributed by atoms with E-state index >= 15 is 0 Å². The van der Waals surface area contributed by atoms with Gasteiger partial charge >= 0.3 is 0 Å². The number of para-hydroxylation sites is 1. The van der Waals surface area contributed by atoms with Crippen molar-refractivity contribution in [3.8, 4) is 5.69 Å². The lowest BCUT2D eigenvalue weighted by Crippen LogP contribution is -2.32. The van der Waals surface area contributed by atoms with Gasteiger partial charge in [-0.3, -0.25) is 0 Å². The molecule has 0 aliphatic heterocycles. The number of halogens is 1. The van der Waals surface area contributed by atoms with Gasteiger partial charge in [0.15, 0.2) is 0 Å². The van der Waals surface area contributed by atoms with E-state index in [4.69, 9.17) is 0 Å². The Morgan fingerprint density at radius 3 is 2.80 bits per heavy atom. The minimum Gasteiger partial charge on any atom is -0.313 e. The van der Waals surface area contributed by atoms with Crippen LogP contribution < -0.4 is 5.32 Å². The number of hydrogen-bond donors (Lipinski definition) is 1. The summed E-state index contributed by atoms with van der Waals surface area (Å²) in [6.45, 7) is 4.50. The summed E-state index contributed by atoms with van der Waals surface area (Å²) in [6, 6.07) is 7.09. The van der Waals surface area contributed by atoms with Crippen LogP contribution in [0.1, 0.15) is 37.6 Å². The molecule has 0 saturated heterocycles. The molecule has 0 radical (unpaired) electrons. The van der Waals surface area contributed by atoms with E-state index in [2.05, 4.69) is 24.3 Å². The molecule has 1 aromatic heterocycles. The second-order valence-corrected chi connectivity index (χ2v) is 6.30. The van der Waals surface area contributed by atoms with Crippen LogP contribution >= 0.6 is 0 Å². The molecular formula is C16H20FN3. The number of fused-ring (bicyclic) bond motifs is 1. The Labute approximate surface area is 118 Å². The van der Waals surface area contributed by atoms with Gasteiger partial charge in [-0.05, 0) is 37.4 Å². The Balaban J connectivity index is 2.13. The van der Waals surface area contributed by atoms with Gasteiger partial charge in [0, 0.05) is 17.3 Å². The summed E-state index contributed by atoms with van der Waals surface area (Å²) in [6.07, 6.45) is 3.85. The maximum atomic E-state index is 14.0. The number of nitrogens with one attached hydrogen (secondary N) is 1. The third-order valence-corrected chi connectivity index (χ3v) is 4.11. The molecule has 1 N–H and O–H groups in total.